The summed E-state index contributed by atoms with van der Waals surface area (Å²) in [6.07, 6.45) is -3.40. The van der Waals surface area contributed by atoms with Gasteiger partial charge in [-0.1, -0.05) is 15.9 Å². The van der Waals surface area contributed by atoms with Gasteiger partial charge >= 0.3 is 6.18 Å². The van der Waals surface area contributed by atoms with Crippen LogP contribution in [0.3, 0.4) is 0 Å². The molecule has 2 nitrogen and oxygen atoms in total. The average Bonchev–Trinajstić information content (AvgIpc) is 2.25. The Morgan fingerprint density at radius 2 is 1.94 bits per heavy atom. The number of rotatable bonds is 1. The number of aromatic nitrogens is 1. The number of benzene rings is 1. The highest BCUT2D eigenvalue weighted by Crippen LogP contribution is 2.37. The summed E-state index contributed by atoms with van der Waals surface area (Å²) in [7, 11) is 1.39. The van der Waals surface area contributed by atoms with E-state index < -0.39 is 11.9 Å². The third-order valence-corrected chi connectivity index (χ3v) is 2.79. The molecule has 0 atom stereocenters. The third-order valence-electron chi connectivity index (χ3n) is 2.30. The number of ether oxygens (including phenoxy) is 1. The van der Waals surface area contributed by atoms with E-state index in [-0.39, 0.29) is 5.39 Å². The molecule has 90 valence electrons. The number of methoxy groups -OCH3 is 1. The summed E-state index contributed by atoms with van der Waals surface area (Å²) in [6.45, 7) is 0. The molecule has 1 heterocycles. The van der Waals surface area contributed by atoms with E-state index in [0.29, 0.717) is 15.6 Å². The molecule has 0 saturated heterocycles. The molecule has 0 amide bonds. The van der Waals surface area contributed by atoms with Crippen LogP contribution in [0.2, 0.25) is 0 Å². The van der Waals surface area contributed by atoms with E-state index in [9.17, 15) is 13.2 Å². The zero-order chi connectivity index (χ0) is 12.6. The lowest BCUT2D eigenvalue weighted by Crippen LogP contribution is -2.09. The van der Waals surface area contributed by atoms with E-state index in [2.05, 4.69) is 20.9 Å². The van der Waals surface area contributed by atoms with Crippen LogP contribution < -0.4 is 4.74 Å². The van der Waals surface area contributed by atoms with Crippen molar-refractivity contribution in [2.45, 2.75) is 6.18 Å². The summed E-state index contributed by atoms with van der Waals surface area (Å²) >= 11 is 3.14. The molecule has 0 aliphatic heterocycles. The second-order valence-corrected chi connectivity index (χ2v) is 4.28. The number of nitrogens with zero attached hydrogens (tertiary/aromatic N) is 1. The molecule has 0 saturated carbocycles. The van der Waals surface area contributed by atoms with Crippen LogP contribution in [-0.2, 0) is 6.18 Å². The van der Waals surface area contributed by atoms with E-state index in [1.54, 1.807) is 12.1 Å². The highest BCUT2D eigenvalue weighted by molar-refractivity contribution is 9.10. The van der Waals surface area contributed by atoms with Gasteiger partial charge in [-0.2, -0.15) is 13.2 Å². The van der Waals surface area contributed by atoms with Gasteiger partial charge in [0.25, 0.3) is 0 Å². The van der Waals surface area contributed by atoms with Crippen molar-refractivity contribution in [1.29, 1.82) is 0 Å². The minimum Gasteiger partial charge on any atom is -0.494 e. The van der Waals surface area contributed by atoms with E-state index >= 15 is 0 Å². The molecule has 0 bridgehead atoms. The van der Waals surface area contributed by atoms with Gasteiger partial charge in [-0.15, -0.1) is 0 Å². The smallest absolute Gasteiger partial charge is 0.433 e. The molecule has 1 aromatic heterocycles. The fraction of sp³-hybridized carbons (Fsp3) is 0.182. The van der Waals surface area contributed by atoms with Crippen molar-refractivity contribution < 1.29 is 17.9 Å². The summed E-state index contributed by atoms with van der Waals surface area (Å²) in [5.41, 5.74) is -0.908. The molecule has 0 unspecified atom stereocenters. The lowest BCUT2D eigenvalue weighted by molar-refractivity contribution is -0.139. The first-order valence-electron chi connectivity index (χ1n) is 4.63. The van der Waals surface area contributed by atoms with Crippen LogP contribution in [0, 0.1) is 0 Å². The topological polar surface area (TPSA) is 22.1 Å². The Morgan fingerprint density at radius 3 is 2.53 bits per heavy atom. The zero-order valence-electron chi connectivity index (χ0n) is 8.68. The fourth-order valence-electron chi connectivity index (χ4n) is 1.58. The van der Waals surface area contributed by atoms with Gasteiger partial charge < -0.3 is 4.74 Å². The lowest BCUT2D eigenvalue weighted by atomic mass is 10.1. The van der Waals surface area contributed by atoms with Crippen molar-refractivity contribution in [2.75, 3.05) is 7.11 Å². The van der Waals surface area contributed by atoms with Gasteiger partial charge in [0.05, 0.1) is 13.3 Å². The predicted molar refractivity (Wildman–Crippen MR) is 61.0 cm³/mol. The highest BCUT2D eigenvalue weighted by Gasteiger charge is 2.35. The van der Waals surface area contributed by atoms with Crippen LogP contribution in [0.15, 0.2) is 28.9 Å². The van der Waals surface area contributed by atoms with Crippen LogP contribution in [-0.4, -0.2) is 12.1 Å². The minimum atomic E-state index is -4.48. The number of alkyl halides is 3. The van der Waals surface area contributed by atoms with Crippen molar-refractivity contribution in [2.24, 2.45) is 0 Å². The number of hydrogen-bond donors (Lipinski definition) is 0. The van der Waals surface area contributed by atoms with Crippen molar-refractivity contribution >= 4 is 26.7 Å². The second-order valence-electron chi connectivity index (χ2n) is 3.36. The Morgan fingerprint density at radius 1 is 1.24 bits per heavy atom. The summed E-state index contributed by atoms with van der Waals surface area (Å²) in [6, 6.07) is 4.61. The van der Waals surface area contributed by atoms with E-state index in [1.807, 2.05) is 0 Å². The number of pyridine rings is 1. The summed E-state index contributed by atoms with van der Waals surface area (Å²) < 4.78 is 43.9. The molecule has 0 spiro atoms. The average molecular weight is 306 g/mol. The van der Waals surface area contributed by atoms with Gasteiger partial charge in [-0.25, -0.2) is 4.98 Å². The Balaban J connectivity index is 2.84. The van der Waals surface area contributed by atoms with Gasteiger partial charge in [0.1, 0.15) is 5.75 Å². The second kappa shape index (κ2) is 4.18. The minimum absolute atomic E-state index is 0.0197. The molecule has 0 N–H and O–H groups in total. The molecule has 17 heavy (non-hydrogen) atoms. The van der Waals surface area contributed by atoms with E-state index in [4.69, 9.17) is 4.74 Å². The summed E-state index contributed by atoms with van der Waals surface area (Å²) in [5.74, 6) is 0.320. The van der Waals surface area contributed by atoms with Gasteiger partial charge in [0.15, 0.2) is 5.69 Å². The molecule has 0 aliphatic carbocycles. The first-order valence-corrected chi connectivity index (χ1v) is 5.42. The van der Waals surface area contributed by atoms with Crippen molar-refractivity contribution in [3.8, 4) is 5.75 Å². The first-order chi connectivity index (χ1) is 7.93. The molecule has 0 radical (unpaired) electrons. The first kappa shape index (κ1) is 12.2. The summed E-state index contributed by atoms with van der Waals surface area (Å²) in [4.78, 5) is 3.42. The molecular formula is C11H7BrF3NO. The monoisotopic (exact) mass is 305 g/mol. The molecule has 6 heteroatoms. The van der Waals surface area contributed by atoms with Crippen LogP contribution in [0.1, 0.15) is 5.69 Å². The van der Waals surface area contributed by atoms with Crippen LogP contribution in [0.25, 0.3) is 10.8 Å². The fourth-order valence-corrected chi connectivity index (χ4v) is 1.94. The Labute approximate surface area is 104 Å². The summed E-state index contributed by atoms with van der Waals surface area (Å²) in [5, 5.41) is 0.407. The van der Waals surface area contributed by atoms with Crippen LogP contribution in [0.4, 0.5) is 13.2 Å². The molecule has 0 fully saturated rings. The number of hydrogen-bond acceptors (Lipinski definition) is 2. The zero-order valence-corrected chi connectivity index (χ0v) is 10.3. The molecular weight excluding hydrogens is 299 g/mol. The Hall–Kier alpha value is -1.30. The van der Waals surface area contributed by atoms with Gasteiger partial charge in [-0.05, 0) is 18.2 Å². The number of halogens is 4. The highest BCUT2D eigenvalue weighted by atomic mass is 79.9. The predicted octanol–water partition coefficient (Wildman–Crippen LogP) is 4.02. The Bertz CT molecular complexity index is 568. The van der Waals surface area contributed by atoms with E-state index in [0.717, 1.165) is 6.20 Å². The standard InChI is InChI=1S/C11H7BrF3NO/c1-17-9-5-16-10(11(13,14)15)8-4-6(12)2-3-7(8)9/h2-5H,1H3. The third kappa shape index (κ3) is 2.22. The van der Waals surface area contributed by atoms with Crippen molar-refractivity contribution in [3.63, 3.8) is 0 Å². The van der Waals surface area contributed by atoms with Gasteiger partial charge in [-0.3, -0.25) is 0 Å². The maximum Gasteiger partial charge on any atom is 0.433 e. The maximum atomic E-state index is 12.8. The molecule has 2 rings (SSSR count). The maximum absolute atomic E-state index is 12.8. The van der Waals surface area contributed by atoms with E-state index in [1.165, 1.54) is 13.2 Å². The van der Waals surface area contributed by atoms with Crippen molar-refractivity contribution in [1.82, 2.24) is 4.98 Å². The Kier molecular flexibility index (Phi) is 2.99. The van der Waals surface area contributed by atoms with Crippen molar-refractivity contribution in [3.05, 3.63) is 34.6 Å². The molecule has 1 aromatic carbocycles. The van der Waals surface area contributed by atoms with Gasteiger partial charge in [0, 0.05) is 15.2 Å². The van der Waals surface area contributed by atoms with Gasteiger partial charge in [0.2, 0.25) is 0 Å². The molecule has 0 aliphatic rings. The normalized spacial score (nSPS) is 11.8. The quantitative estimate of drug-likeness (QED) is 0.794. The van der Waals surface area contributed by atoms with Crippen LogP contribution in [0.5, 0.6) is 5.75 Å². The SMILES string of the molecule is COc1cnc(C(F)(F)F)c2cc(Br)ccc12. The van der Waals surface area contributed by atoms with Crippen LogP contribution >= 0.6 is 15.9 Å². The number of fused-ring (bicyclic) bond motifs is 1. The lowest BCUT2D eigenvalue weighted by Gasteiger charge is -2.12. The molecule has 2 aromatic rings. The largest absolute Gasteiger partial charge is 0.494 e.